The Morgan fingerprint density at radius 3 is 2.62 bits per heavy atom. The highest BCUT2D eigenvalue weighted by atomic mass is 16.1. The second-order valence-electron chi connectivity index (χ2n) is 3.67. The van der Waals surface area contributed by atoms with Gasteiger partial charge in [-0.15, -0.1) is 0 Å². The van der Waals surface area contributed by atoms with Crippen molar-refractivity contribution in [1.29, 1.82) is 0 Å². The average molecular weight is 187 g/mol. The van der Waals surface area contributed by atoms with Gasteiger partial charge in [-0.3, -0.25) is 4.79 Å². The maximum Gasteiger partial charge on any atom is 0.221 e. The molecule has 13 heavy (non-hydrogen) atoms. The molecule has 0 heterocycles. The van der Waals surface area contributed by atoms with Crippen molar-refractivity contribution in [2.75, 3.05) is 27.2 Å². The summed E-state index contributed by atoms with van der Waals surface area (Å²) in [7, 11) is 3.91. The summed E-state index contributed by atoms with van der Waals surface area (Å²) in [6.07, 6.45) is 1.40. The lowest BCUT2D eigenvalue weighted by Crippen LogP contribution is -2.30. The fourth-order valence-corrected chi connectivity index (χ4v) is 0.853. The quantitative estimate of drug-likeness (QED) is 0.605. The van der Waals surface area contributed by atoms with E-state index in [2.05, 4.69) is 5.32 Å². The molecular weight excluding hydrogens is 166 g/mol. The van der Waals surface area contributed by atoms with Gasteiger partial charge in [0.25, 0.3) is 0 Å². The highest BCUT2D eigenvalue weighted by Gasteiger charge is 2.01. The summed E-state index contributed by atoms with van der Waals surface area (Å²) in [4.78, 5) is 13.1. The number of carbonyl (C=O) groups is 1. The molecule has 4 heteroatoms. The van der Waals surface area contributed by atoms with Crippen LogP contribution in [0, 0.1) is 0 Å². The number of nitrogens with two attached hydrogens (primary N) is 1. The van der Waals surface area contributed by atoms with Crippen LogP contribution in [-0.4, -0.2) is 44.0 Å². The van der Waals surface area contributed by atoms with Crippen LogP contribution in [0.15, 0.2) is 0 Å². The number of carbonyl (C=O) groups excluding carboxylic acids is 1. The Hall–Kier alpha value is -0.610. The molecule has 0 aromatic rings. The molecule has 0 saturated carbocycles. The standard InChI is InChI=1S/C9H21N3O/c1-8(10)4-6-11-9(13)5-7-12(2)3/h8H,4-7,10H2,1-3H3,(H,11,13). The second-order valence-corrected chi connectivity index (χ2v) is 3.67. The molecule has 0 saturated heterocycles. The molecule has 1 atom stereocenters. The van der Waals surface area contributed by atoms with Gasteiger partial charge in [0.1, 0.15) is 0 Å². The van der Waals surface area contributed by atoms with E-state index in [-0.39, 0.29) is 11.9 Å². The monoisotopic (exact) mass is 187 g/mol. The highest BCUT2D eigenvalue weighted by Crippen LogP contribution is 1.86. The third kappa shape index (κ3) is 9.30. The van der Waals surface area contributed by atoms with Crippen LogP contribution in [0.4, 0.5) is 0 Å². The van der Waals surface area contributed by atoms with E-state index in [4.69, 9.17) is 5.73 Å². The fourth-order valence-electron chi connectivity index (χ4n) is 0.853. The summed E-state index contributed by atoms with van der Waals surface area (Å²) in [5, 5.41) is 2.82. The summed E-state index contributed by atoms with van der Waals surface area (Å²) in [6, 6.07) is 0.161. The largest absolute Gasteiger partial charge is 0.356 e. The Balaban J connectivity index is 3.30. The minimum Gasteiger partial charge on any atom is -0.356 e. The Morgan fingerprint density at radius 1 is 1.54 bits per heavy atom. The molecule has 4 nitrogen and oxygen atoms in total. The normalized spacial score (nSPS) is 13.0. The first-order chi connectivity index (χ1) is 6.02. The van der Waals surface area contributed by atoms with Gasteiger partial charge in [-0.25, -0.2) is 0 Å². The summed E-state index contributed by atoms with van der Waals surface area (Å²) in [5.74, 6) is 0.106. The van der Waals surface area contributed by atoms with Crippen LogP contribution in [0.25, 0.3) is 0 Å². The number of rotatable bonds is 6. The lowest BCUT2D eigenvalue weighted by molar-refractivity contribution is -0.121. The van der Waals surface area contributed by atoms with Crippen molar-refractivity contribution in [3.05, 3.63) is 0 Å². The van der Waals surface area contributed by atoms with Crippen molar-refractivity contribution in [2.45, 2.75) is 25.8 Å². The van der Waals surface area contributed by atoms with Crippen LogP contribution >= 0.6 is 0 Å². The van der Waals surface area contributed by atoms with Gasteiger partial charge in [0.05, 0.1) is 0 Å². The molecule has 0 aliphatic heterocycles. The van der Waals surface area contributed by atoms with Crippen molar-refractivity contribution < 1.29 is 4.79 Å². The van der Waals surface area contributed by atoms with E-state index in [0.29, 0.717) is 13.0 Å². The Bertz CT molecular complexity index is 146. The zero-order chi connectivity index (χ0) is 10.3. The molecule has 0 rings (SSSR count). The van der Waals surface area contributed by atoms with Crippen LogP contribution in [-0.2, 0) is 4.79 Å². The van der Waals surface area contributed by atoms with Crippen molar-refractivity contribution in [2.24, 2.45) is 5.73 Å². The Labute approximate surface area is 80.5 Å². The van der Waals surface area contributed by atoms with Crippen molar-refractivity contribution >= 4 is 5.91 Å². The van der Waals surface area contributed by atoms with Gasteiger partial charge in [-0.2, -0.15) is 0 Å². The van der Waals surface area contributed by atoms with Crippen LogP contribution < -0.4 is 11.1 Å². The van der Waals surface area contributed by atoms with E-state index >= 15 is 0 Å². The summed E-state index contributed by atoms with van der Waals surface area (Å²) >= 11 is 0. The molecule has 3 N–H and O–H groups in total. The van der Waals surface area contributed by atoms with E-state index < -0.39 is 0 Å². The smallest absolute Gasteiger partial charge is 0.221 e. The fraction of sp³-hybridized carbons (Fsp3) is 0.889. The predicted octanol–water partition coefficient (Wildman–Crippen LogP) is -0.208. The molecule has 0 aromatic carbocycles. The zero-order valence-corrected chi connectivity index (χ0v) is 8.84. The molecule has 78 valence electrons. The molecule has 0 spiro atoms. The summed E-state index contributed by atoms with van der Waals surface area (Å²) < 4.78 is 0. The average Bonchev–Trinajstić information content (AvgIpc) is 2.00. The van der Waals surface area contributed by atoms with Crippen LogP contribution in [0.3, 0.4) is 0 Å². The lowest BCUT2D eigenvalue weighted by atomic mass is 10.2. The maximum atomic E-state index is 11.2. The molecule has 0 bridgehead atoms. The first kappa shape index (κ1) is 12.4. The van der Waals surface area contributed by atoms with Gasteiger partial charge in [0.2, 0.25) is 5.91 Å². The molecule has 0 radical (unpaired) electrons. The van der Waals surface area contributed by atoms with Gasteiger partial charge >= 0.3 is 0 Å². The van der Waals surface area contributed by atoms with E-state index in [0.717, 1.165) is 13.0 Å². The van der Waals surface area contributed by atoms with Gasteiger partial charge in [0, 0.05) is 25.6 Å². The van der Waals surface area contributed by atoms with Crippen LogP contribution in [0.1, 0.15) is 19.8 Å². The Kier molecular flexibility index (Phi) is 6.54. The van der Waals surface area contributed by atoms with E-state index in [1.54, 1.807) is 0 Å². The molecule has 1 unspecified atom stereocenters. The van der Waals surface area contributed by atoms with Crippen LogP contribution in [0.2, 0.25) is 0 Å². The van der Waals surface area contributed by atoms with Gasteiger partial charge < -0.3 is 16.0 Å². The maximum absolute atomic E-state index is 11.2. The third-order valence-corrected chi connectivity index (χ3v) is 1.71. The molecular formula is C9H21N3O. The minimum atomic E-state index is 0.106. The van der Waals surface area contributed by atoms with Crippen LogP contribution in [0.5, 0.6) is 0 Å². The molecule has 0 aliphatic carbocycles. The number of nitrogens with zero attached hydrogens (tertiary/aromatic N) is 1. The predicted molar refractivity (Wildman–Crippen MR) is 54.4 cm³/mol. The molecule has 0 aromatic heterocycles. The van der Waals surface area contributed by atoms with Crippen molar-refractivity contribution in [1.82, 2.24) is 10.2 Å². The summed E-state index contributed by atoms with van der Waals surface area (Å²) in [5.41, 5.74) is 5.54. The lowest BCUT2D eigenvalue weighted by Gasteiger charge is -2.10. The first-order valence-electron chi connectivity index (χ1n) is 4.69. The number of hydrogen-bond acceptors (Lipinski definition) is 3. The van der Waals surface area contributed by atoms with Crippen molar-refractivity contribution in [3.8, 4) is 0 Å². The zero-order valence-electron chi connectivity index (χ0n) is 8.84. The van der Waals surface area contributed by atoms with Crippen molar-refractivity contribution in [3.63, 3.8) is 0 Å². The molecule has 0 fully saturated rings. The third-order valence-electron chi connectivity index (χ3n) is 1.71. The second kappa shape index (κ2) is 6.86. The number of nitrogens with one attached hydrogen (secondary N) is 1. The number of amides is 1. The minimum absolute atomic E-state index is 0.106. The molecule has 0 aliphatic rings. The van der Waals surface area contributed by atoms with Gasteiger partial charge in [-0.1, -0.05) is 0 Å². The van der Waals surface area contributed by atoms with E-state index in [1.807, 2.05) is 25.9 Å². The molecule has 1 amide bonds. The van der Waals surface area contributed by atoms with E-state index in [9.17, 15) is 4.79 Å². The van der Waals surface area contributed by atoms with E-state index in [1.165, 1.54) is 0 Å². The van der Waals surface area contributed by atoms with Gasteiger partial charge in [-0.05, 0) is 27.4 Å². The topological polar surface area (TPSA) is 58.4 Å². The summed E-state index contributed by atoms with van der Waals surface area (Å²) in [6.45, 7) is 3.42. The highest BCUT2D eigenvalue weighted by molar-refractivity contribution is 5.75. The Morgan fingerprint density at radius 2 is 2.15 bits per heavy atom. The number of hydrogen-bond donors (Lipinski definition) is 2. The SMILES string of the molecule is CC(N)CCNC(=O)CCN(C)C. The first-order valence-corrected chi connectivity index (χ1v) is 4.69. The van der Waals surface area contributed by atoms with Gasteiger partial charge in [0.15, 0.2) is 0 Å².